The Hall–Kier alpha value is -2.61. The maximum absolute atomic E-state index is 12.5. The van der Waals surface area contributed by atoms with Crippen molar-refractivity contribution in [3.63, 3.8) is 0 Å². The van der Waals surface area contributed by atoms with Crippen molar-refractivity contribution in [2.75, 3.05) is 49.7 Å². The Morgan fingerprint density at radius 1 is 0.964 bits per heavy atom. The minimum Gasteiger partial charge on any atom is -0.447 e. The summed E-state index contributed by atoms with van der Waals surface area (Å²) < 4.78 is 10.4. The summed E-state index contributed by atoms with van der Waals surface area (Å²) in [5.41, 5.74) is 1.22. The van der Waals surface area contributed by atoms with E-state index in [1.807, 2.05) is 0 Å². The number of hydrogen-bond donors (Lipinski definition) is 1. The number of carbonyl (C=O) groups is 3. The molecule has 0 radical (unpaired) electrons. The van der Waals surface area contributed by atoms with E-state index in [1.165, 1.54) is 4.90 Å². The molecule has 3 saturated heterocycles. The predicted molar refractivity (Wildman–Crippen MR) is 102 cm³/mol. The summed E-state index contributed by atoms with van der Waals surface area (Å²) in [5, 5.41) is 2.65. The molecule has 1 atom stereocenters. The fourth-order valence-electron chi connectivity index (χ4n) is 4.18. The lowest BCUT2D eigenvalue weighted by Crippen LogP contribution is -2.45. The molecule has 8 nitrogen and oxygen atoms in total. The summed E-state index contributed by atoms with van der Waals surface area (Å²) in [6.45, 7) is 3.77. The van der Waals surface area contributed by atoms with Gasteiger partial charge in [0.05, 0.1) is 6.54 Å². The van der Waals surface area contributed by atoms with E-state index in [1.54, 1.807) is 29.2 Å². The summed E-state index contributed by atoms with van der Waals surface area (Å²) in [6, 6.07) is 6.81. The SMILES string of the molecule is O=C(Nc1ccc(N2CCOC2=O)cc1)C(=O)N1CCC(C2CCOC2)CC1. The van der Waals surface area contributed by atoms with E-state index in [4.69, 9.17) is 9.47 Å². The molecule has 3 heterocycles. The Morgan fingerprint density at radius 3 is 2.32 bits per heavy atom. The van der Waals surface area contributed by atoms with Crippen LogP contribution in [0.15, 0.2) is 24.3 Å². The van der Waals surface area contributed by atoms with Crippen LogP contribution in [0.5, 0.6) is 0 Å². The summed E-state index contributed by atoms with van der Waals surface area (Å²) >= 11 is 0. The molecule has 0 saturated carbocycles. The van der Waals surface area contributed by atoms with E-state index >= 15 is 0 Å². The largest absolute Gasteiger partial charge is 0.447 e. The van der Waals surface area contributed by atoms with Crippen molar-refractivity contribution in [2.24, 2.45) is 11.8 Å². The van der Waals surface area contributed by atoms with Gasteiger partial charge >= 0.3 is 17.9 Å². The minimum atomic E-state index is -0.629. The summed E-state index contributed by atoms with van der Waals surface area (Å²) in [6.07, 6.45) is 2.57. The van der Waals surface area contributed by atoms with Crippen molar-refractivity contribution in [2.45, 2.75) is 19.3 Å². The first-order valence-electron chi connectivity index (χ1n) is 9.84. The third-order valence-electron chi connectivity index (χ3n) is 5.85. The Morgan fingerprint density at radius 2 is 1.71 bits per heavy atom. The first-order valence-corrected chi connectivity index (χ1v) is 9.84. The summed E-state index contributed by atoms with van der Waals surface area (Å²) in [7, 11) is 0. The molecular formula is C20H25N3O5. The van der Waals surface area contributed by atoms with Gasteiger partial charge in [-0.05, 0) is 55.4 Å². The van der Waals surface area contributed by atoms with Crippen molar-refractivity contribution in [3.05, 3.63) is 24.3 Å². The monoisotopic (exact) mass is 387 g/mol. The Kier molecular flexibility index (Phi) is 5.47. The maximum Gasteiger partial charge on any atom is 0.414 e. The molecule has 28 heavy (non-hydrogen) atoms. The van der Waals surface area contributed by atoms with E-state index in [2.05, 4.69) is 5.32 Å². The topological polar surface area (TPSA) is 88.2 Å². The number of ether oxygens (including phenoxy) is 2. The molecule has 1 N–H and O–H groups in total. The molecule has 0 aliphatic carbocycles. The number of carbonyl (C=O) groups excluding carboxylic acids is 3. The highest BCUT2D eigenvalue weighted by Gasteiger charge is 2.32. The van der Waals surface area contributed by atoms with E-state index in [9.17, 15) is 14.4 Å². The third-order valence-corrected chi connectivity index (χ3v) is 5.85. The number of anilines is 2. The molecule has 1 aromatic rings. The number of hydrogen-bond acceptors (Lipinski definition) is 5. The molecule has 1 aromatic carbocycles. The van der Waals surface area contributed by atoms with Crippen molar-refractivity contribution in [1.29, 1.82) is 0 Å². The van der Waals surface area contributed by atoms with Gasteiger partial charge in [0.25, 0.3) is 0 Å². The molecule has 3 fully saturated rings. The smallest absolute Gasteiger partial charge is 0.414 e. The standard InChI is InChI=1S/C20H25N3O5/c24-18(19(25)22-8-5-14(6-9-22)15-7-11-27-13-15)21-16-1-3-17(4-2-16)23-10-12-28-20(23)26/h1-4,14-15H,5-13H2,(H,21,24). The molecular weight excluding hydrogens is 362 g/mol. The first-order chi connectivity index (χ1) is 13.6. The molecule has 8 heteroatoms. The average Bonchev–Trinajstić information content (AvgIpc) is 3.40. The fraction of sp³-hybridized carbons (Fsp3) is 0.550. The lowest BCUT2D eigenvalue weighted by Gasteiger charge is -2.34. The second-order valence-corrected chi connectivity index (χ2v) is 7.52. The van der Waals surface area contributed by atoms with Gasteiger partial charge < -0.3 is 19.7 Å². The Labute approximate surface area is 163 Å². The van der Waals surface area contributed by atoms with Gasteiger partial charge in [0.2, 0.25) is 0 Å². The van der Waals surface area contributed by atoms with Crippen LogP contribution in [-0.4, -0.2) is 62.3 Å². The van der Waals surface area contributed by atoms with E-state index in [-0.39, 0.29) is 6.09 Å². The van der Waals surface area contributed by atoms with Gasteiger partial charge in [-0.25, -0.2) is 4.79 Å². The summed E-state index contributed by atoms with van der Waals surface area (Å²) in [5.74, 6) is 0.0567. The lowest BCUT2D eigenvalue weighted by atomic mass is 9.84. The molecule has 0 aromatic heterocycles. The van der Waals surface area contributed by atoms with Gasteiger partial charge in [-0.15, -0.1) is 0 Å². The fourth-order valence-corrected chi connectivity index (χ4v) is 4.18. The second kappa shape index (κ2) is 8.18. The molecule has 3 aliphatic rings. The lowest BCUT2D eigenvalue weighted by molar-refractivity contribution is -0.144. The van der Waals surface area contributed by atoms with Crippen LogP contribution in [0.1, 0.15) is 19.3 Å². The zero-order valence-electron chi connectivity index (χ0n) is 15.8. The zero-order valence-corrected chi connectivity index (χ0v) is 15.8. The van der Waals surface area contributed by atoms with Crippen LogP contribution in [0, 0.1) is 11.8 Å². The number of benzene rings is 1. The number of nitrogens with zero attached hydrogens (tertiary/aromatic N) is 2. The molecule has 3 aliphatic heterocycles. The number of piperidine rings is 1. The van der Waals surface area contributed by atoms with Crippen LogP contribution in [-0.2, 0) is 19.1 Å². The van der Waals surface area contributed by atoms with Gasteiger partial charge in [-0.1, -0.05) is 0 Å². The average molecular weight is 387 g/mol. The normalized spacial score (nSPS) is 23.0. The molecule has 0 bridgehead atoms. The van der Waals surface area contributed by atoms with Crippen LogP contribution in [0.4, 0.5) is 16.2 Å². The van der Waals surface area contributed by atoms with Gasteiger partial charge in [0.1, 0.15) is 6.61 Å². The molecule has 3 amide bonds. The van der Waals surface area contributed by atoms with E-state index < -0.39 is 11.8 Å². The first kappa shape index (κ1) is 18.7. The third kappa shape index (κ3) is 3.96. The van der Waals surface area contributed by atoms with Gasteiger partial charge in [0.15, 0.2) is 0 Å². The number of nitrogens with one attached hydrogen (secondary N) is 1. The maximum atomic E-state index is 12.5. The van der Waals surface area contributed by atoms with Crippen LogP contribution in [0.3, 0.4) is 0 Å². The van der Waals surface area contributed by atoms with Gasteiger partial charge in [-0.2, -0.15) is 0 Å². The predicted octanol–water partition coefficient (Wildman–Crippen LogP) is 1.86. The highest BCUT2D eigenvalue weighted by molar-refractivity contribution is 6.39. The Bertz CT molecular complexity index is 737. The molecule has 1 unspecified atom stereocenters. The summed E-state index contributed by atoms with van der Waals surface area (Å²) in [4.78, 5) is 39.6. The van der Waals surface area contributed by atoms with Crippen LogP contribution < -0.4 is 10.2 Å². The molecule has 0 spiro atoms. The minimum absolute atomic E-state index is 0.371. The highest BCUT2D eigenvalue weighted by Crippen LogP contribution is 2.30. The Balaban J connectivity index is 1.28. The number of rotatable bonds is 3. The van der Waals surface area contributed by atoms with Crippen molar-refractivity contribution >= 4 is 29.3 Å². The quantitative estimate of drug-likeness (QED) is 0.800. The van der Waals surface area contributed by atoms with Crippen LogP contribution in [0.2, 0.25) is 0 Å². The second-order valence-electron chi connectivity index (χ2n) is 7.52. The van der Waals surface area contributed by atoms with Crippen molar-refractivity contribution in [1.82, 2.24) is 4.90 Å². The van der Waals surface area contributed by atoms with Crippen LogP contribution in [0.25, 0.3) is 0 Å². The van der Waals surface area contributed by atoms with E-state index in [0.29, 0.717) is 49.5 Å². The number of likely N-dealkylation sites (tertiary alicyclic amines) is 1. The molecule has 4 rings (SSSR count). The van der Waals surface area contributed by atoms with Crippen molar-refractivity contribution < 1.29 is 23.9 Å². The van der Waals surface area contributed by atoms with Gasteiger partial charge in [-0.3, -0.25) is 14.5 Å². The number of amides is 3. The highest BCUT2D eigenvalue weighted by atomic mass is 16.6. The van der Waals surface area contributed by atoms with Crippen molar-refractivity contribution in [3.8, 4) is 0 Å². The zero-order chi connectivity index (χ0) is 19.5. The van der Waals surface area contributed by atoms with Gasteiger partial charge in [0, 0.05) is 37.7 Å². The van der Waals surface area contributed by atoms with Crippen LogP contribution >= 0.6 is 0 Å². The molecule has 150 valence electrons. The number of cyclic esters (lactones) is 1. The van der Waals surface area contributed by atoms with E-state index in [0.717, 1.165) is 32.5 Å².